The molecule has 0 aliphatic rings. The van der Waals surface area contributed by atoms with E-state index < -0.39 is 0 Å². The van der Waals surface area contributed by atoms with E-state index in [1.54, 1.807) is 18.2 Å². The maximum absolute atomic E-state index is 12.2. The maximum atomic E-state index is 12.2. The number of aromatic nitrogens is 1. The Labute approximate surface area is 120 Å². The molecule has 0 saturated heterocycles. The first-order valence-electron chi connectivity index (χ1n) is 5.46. The predicted octanol–water partition coefficient (Wildman–Crippen LogP) is 3.82. The molecule has 1 aromatic carbocycles. The second-order valence-corrected chi connectivity index (χ2v) is 4.69. The number of carbonyl (C=O) groups is 2. The van der Waals surface area contributed by atoms with Crippen molar-refractivity contribution in [3.8, 4) is 0 Å². The van der Waals surface area contributed by atoms with Crippen LogP contribution >= 0.6 is 23.2 Å². The van der Waals surface area contributed by atoms with Crippen molar-refractivity contribution in [1.82, 2.24) is 4.98 Å². The van der Waals surface area contributed by atoms with Crippen LogP contribution in [0.2, 0.25) is 10.2 Å². The van der Waals surface area contributed by atoms with Crippen molar-refractivity contribution in [2.75, 3.05) is 0 Å². The third-order valence-electron chi connectivity index (χ3n) is 2.61. The zero-order valence-corrected chi connectivity index (χ0v) is 11.5. The zero-order chi connectivity index (χ0) is 14.0. The van der Waals surface area contributed by atoms with E-state index in [2.05, 4.69) is 4.98 Å². The van der Waals surface area contributed by atoms with Crippen LogP contribution in [-0.4, -0.2) is 16.6 Å². The van der Waals surface area contributed by atoms with Gasteiger partial charge < -0.3 is 0 Å². The quantitative estimate of drug-likeness (QED) is 0.638. The molecule has 1 aromatic heterocycles. The van der Waals surface area contributed by atoms with Crippen LogP contribution < -0.4 is 0 Å². The van der Waals surface area contributed by atoms with Gasteiger partial charge in [-0.1, -0.05) is 29.3 Å². The standard InChI is InChI=1S/C14H9Cl2NO2/c1-8(18)10-5-4-9(7-12(10)15)13(19)11-3-2-6-17-14(11)16/h2-7H,1H3. The minimum atomic E-state index is -0.282. The second-order valence-electron chi connectivity index (χ2n) is 3.92. The maximum Gasteiger partial charge on any atom is 0.196 e. The molecule has 2 aromatic rings. The Bertz CT molecular complexity index is 668. The van der Waals surface area contributed by atoms with E-state index in [4.69, 9.17) is 23.2 Å². The van der Waals surface area contributed by atoms with Gasteiger partial charge in [-0.2, -0.15) is 0 Å². The Morgan fingerprint density at radius 3 is 2.42 bits per heavy atom. The number of carbonyl (C=O) groups excluding carboxylic acids is 2. The topological polar surface area (TPSA) is 47.0 Å². The molecule has 19 heavy (non-hydrogen) atoms. The largest absolute Gasteiger partial charge is 0.294 e. The van der Waals surface area contributed by atoms with Gasteiger partial charge in [0, 0.05) is 17.3 Å². The summed E-state index contributed by atoms with van der Waals surface area (Å²) in [6, 6.07) is 7.76. The minimum absolute atomic E-state index is 0.138. The first-order valence-corrected chi connectivity index (χ1v) is 6.22. The van der Waals surface area contributed by atoms with Gasteiger partial charge in [0.25, 0.3) is 0 Å². The highest BCUT2D eigenvalue weighted by Gasteiger charge is 2.15. The molecule has 0 atom stereocenters. The lowest BCUT2D eigenvalue weighted by Crippen LogP contribution is -2.04. The van der Waals surface area contributed by atoms with Crippen LogP contribution in [-0.2, 0) is 0 Å². The van der Waals surface area contributed by atoms with Crippen LogP contribution in [0.3, 0.4) is 0 Å². The zero-order valence-electron chi connectivity index (χ0n) is 9.98. The summed E-state index contributed by atoms with van der Waals surface area (Å²) in [7, 11) is 0. The van der Waals surface area contributed by atoms with Crippen molar-refractivity contribution in [3.05, 3.63) is 63.4 Å². The molecule has 0 fully saturated rings. The molecule has 1 heterocycles. The number of pyridine rings is 1. The highest BCUT2D eigenvalue weighted by Crippen LogP contribution is 2.22. The van der Waals surface area contributed by atoms with Gasteiger partial charge in [-0.05, 0) is 31.2 Å². The summed E-state index contributed by atoms with van der Waals surface area (Å²) in [5.41, 5.74) is 1.05. The Morgan fingerprint density at radius 1 is 1.11 bits per heavy atom. The van der Waals surface area contributed by atoms with E-state index in [1.807, 2.05) is 0 Å². The van der Waals surface area contributed by atoms with Crippen LogP contribution in [0, 0.1) is 0 Å². The molecule has 0 aliphatic heterocycles. The third-order valence-corrected chi connectivity index (χ3v) is 3.23. The smallest absolute Gasteiger partial charge is 0.196 e. The van der Waals surface area contributed by atoms with Crippen molar-refractivity contribution in [1.29, 1.82) is 0 Å². The number of ketones is 2. The molecule has 0 N–H and O–H groups in total. The van der Waals surface area contributed by atoms with E-state index in [1.165, 1.54) is 25.3 Å². The molecule has 3 nitrogen and oxygen atoms in total. The lowest BCUT2D eigenvalue weighted by Gasteiger charge is -2.05. The van der Waals surface area contributed by atoms with E-state index in [-0.39, 0.29) is 21.7 Å². The molecular formula is C14H9Cl2NO2. The SMILES string of the molecule is CC(=O)c1ccc(C(=O)c2cccnc2Cl)cc1Cl. The molecule has 0 unspecified atom stereocenters. The predicted molar refractivity (Wildman–Crippen MR) is 74.1 cm³/mol. The van der Waals surface area contributed by atoms with Gasteiger partial charge in [-0.25, -0.2) is 4.98 Å². The summed E-state index contributed by atoms with van der Waals surface area (Å²) >= 11 is 11.8. The van der Waals surface area contributed by atoms with Crippen LogP contribution in [0.15, 0.2) is 36.5 Å². The number of benzene rings is 1. The van der Waals surface area contributed by atoms with Crippen molar-refractivity contribution >= 4 is 34.8 Å². The third kappa shape index (κ3) is 2.83. The van der Waals surface area contributed by atoms with E-state index in [0.717, 1.165) is 0 Å². The van der Waals surface area contributed by atoms with E-state index in [9.17, 15) is 9.59 Å². The summed E-state index contributed by atoms with van der Waals surface area (Å²) in [6.07, 6.45) is 1.50. The van der Waals surface area contributed by atoms with Gasteiger partial charge in [-0.15, -0.1) is 0 Å². The molecule has 0 spiro atoms. The highest BCUT2D eigenvalue weighted by atomic mass is 35.5. The molecule has 96 valence electrons. The summed E-state index contributed by atoms with van der Waals surface area (Å²) in [5, 5.41) is 0.387. The lowest BCUT2D eigenvalue weighted by atomic mass is 10.0. The number of halogens is 2. The van der Waals surface area contributed by atoms with Gasteiger partial charge in [0.15, 0.2) is 11.6 Å². The minimum Gasteiger partial charge on any atom is -0.294 e. The fourth-order valence-electron chi connectivity index (χ4n) is 1.65. The van der Waals surface area contributed by atoms with Gasteiger partial charge in [0.1, 0.15) is 5.15 Å². The summed E-state index contributed by atoms with van der Waals surface area (Å²) < 4.78 is 0. The van der Waals surface area contributed by atoms with Crippen molar-refractivity contribution in [3.63, 3.8) is 0 Å². The summed E-state index contributed by atoms with van der Waals surface area (Å²) in [5.74, 6) is -0.432. The first kappa shape index (κ1) is 13.7. The lowest BCUT2D eigenvalue weighted by molar-refractivity contribution is 0.101. The second kappa shape index (κ2) is 5.51. The molecule has 5 heteroatoms. The molecule has 0 amide bonds. The molecular weight excluding hydrogens is 285 g/mol. The number of nitrogens with zero attached hydrogens (tertiary/aromatic N) is 1. The van der Waals surface area contributed by atoms with Crippen molar-refractivity contribution < 1.29 is 9.59 Å². The van der Waals surface area contributed by atoms with E-state index in [0.29, 0.717) is 16.7 Å². The van der Waals surface area contributed by atoms with Crippen LogP contribution in [0.25, 0.3) is 0 Å². The molecule has 0 radical (unpaired) electrons. The number of hydrogen-bond donors (Lipinski definition) is 0. The average molecular weight is 294 g/mol. The number of rotatable bonds is 3. The normalized spacial score (nSPS) is 10.3. The van der Waals surface area contributed by atoms with Crippen LogP contribution in [0.5, 0.6) is 0 Å². The monoisotopic (exact) mass is 293 g/mol. The van der Waals surface area contributed by atoms with Gasteiger partial charge in [0.05, 0.1) is 10.6 Å². The van der Waals surface area contributed by atoms with Gasteiger partial charge in [-0.3, -0.25) is 9.59 Å². The Kier molecular flexibility index (Phi) is 3.98. The van der Waals surface area contributed by atoms with Crippen molar-refractivity contribution in [2.24, 2.45) is 0 Å². The number of hydrogen-bond acceptors (Lipinski definition) is 3. The van der Waals surface area contributed by atoms with Gasteiger partial charge >= 0.3 is 0 Å². The average Bonchev–Trinajstić information content (AvgIpc) is 2.38. The molecule has 0 saturated carbocycles. The number of Topliss-reactive ketones (excluding diaryl/α,β-unsaturated/α-hetero) is 1. The van der Waals surface area contributed by atoms with Crippen LogP contribution in [0.1, 0.15) is 33.2 Å². The first-order chi connectivity index (χ1) is 9.00. The molecule has 2 rings (SSSR count). The molecule has 0 aliphatic carbocycles. The Morgan fingerprint density at radius 2 is 1.84 bits per heavy atom. The summed E-state index contributed by atoms with van der Waals surface area (Å²) in [6.45, 7) is 1.42. The molecule has 0 bridgehead atoms. The van der Waals surface area contributed by atoms with Crippen LogP contribution in [0.4, 0.5) is 0 Å². The van der Waals surface area contributed by atoms with Gasteiger partial charge in [0.2, 0.25) is 0 Å². The Balaban J connectivity index is 2.43. The highest BCUT2D eigenvalue weighted by molar-refractivity contribution is 6.35. The summed E-state index contributed by atoms with van der Waals surface area (Å²) in [4.78, 5) is 27.4. The Hall–Kier alpha value is -1.71. The fraction of sp³-hybridized carbons (Fsp3) is 0.0714. The van der Waals surface area contributed by atoms with Crippen molar-refractivity contribution in [2.45, 2.75) is 6.92 Å². The fourth-order valence-corrected chi connectivity index (χ4v) is 2.17. The van der Waals surface area contributed by atoms with E-state index >= 15 is 0 Å².